The van der Waals surface area contributed by atoms with Crippen LogP contribution in [-0.2, 0) is 11.3 Å². The Bertz CT molecular complexity index is 1120. The van der Waals surface area contributed by atoms with E-state index in [2.05, 4.69) is 10.5 Å². The predicted octanol–water partition coefficient (Wildman–Crippen LogP) is 4.23. The van der Waals surface area contributed by atoms with Crippen LogP contribution in [0.4, 0.5) is 0 Å². The molecule has 0 aliphatic carbocycles. The van der Waals surface area contributed by atoms with Crippen LogP contribution in [-0.4, -0.2) is 35.8 Å². The number of hydrogen-bond donors (Lipinski definition) is 1. The molecule has 1 unspecified atom stereocenters. The summed E-state index contributed by atoms with van der Waals surface area (Å²) in [5.41, 5.74) is 5.89. The summed E-state index contributed by atoms with van der Waals surface area (Å²) in [5.74, 6) is 0.950. The van der Waals surface area contributed by atoms with Crippen molar-refractivity contribution in [3.63, 3.8) is 0 Å². The van der Waals surface area contributed by atoms with Gasteiger partial charge in [0.25, 0.3) is 5.91 Å². The van der Waals surface area contributed by atoms with E-state index in [1.807, 2.05) is 71.6 Å². The third kappa shape index (κ3) is 5.00. The molecule has 1 heterocycles. The number of nitrogens with zero attached hydrogens (tertiary/aromatic N) is 2. The Hall–Kier alpha value is -3.58. The highest BCUT2D eigenvalue weighted by Crippen LogP contribution is 2.39. The number of methoxy groups -OCH3 is 1. The van der Waals surface area contributed by atoms with E-state index in [4.69, 9.17) is 4.74 Å². The molecule has 6 nitrogen and oxygen atoms in total. The van der Waals surface area contributed by atoms with Gasteiger partial charge >= 0.3 is 0 Å². The van der Waals surface area contributed by atoms with Gasteiger partial charge in [-0.15, -0.1) is 11.8 Å². The maximum Gasteiger partial charge on any atom is 0.271 e. The fourth-order valence-corrected chi connectivity index (χ4v) is 4.67. The molecule has 1 fully saturated rings. The van der Waals surface area contributed by atoms with Crippen LogP contribution in [0.2, 0.25) is 0 Å². The molecule has 0 bridgehead atoms. The Morgan fingerprint density at radius 1 is 1.09 bits per heavy atom. The number of ether oxygens (including phenoxy) is 1. The molecule has 1 aliphatic heterocycles. The molecule has 3 aromatic carbocycles. The lowest BCUT2D eigenvalue weighted by Crippen LogP contribution is -2.27. The number of para-hydroxylation sites is 1. The number of carbonyl (C=O) groups excluding carboxylic acids is 2. The summed E-state index contributed by atoms with van der Waals surface area (Å²) in [6.07, 6.45) is 1.55. The Balaban J connectivity index is 1.41. The van der Waals surface area contributed by atoms with Crippen LogP contribution in [0.3, 0.4) is 0 Å². The van der Waals surface area contributed by atoms with E-state index in [-0.39, 0.29) is 17.2 Å². The van der Waals surface area contributed by atoms with Crippen molar-refractivity contribution in [3.05, 3.63) is 101 Å². The van der Waals surface area contributed by atoms with Crippen LogP contribution < -0.4 is 10.2 Å². The van der Waals surface area contributed by atoms with Crippen molar-refractivity contribution in [2.75, 3.05) is 12.9 Å². The molecule has 2 amide bonds. The van der Waals surface area contributed by atoms with E-state index >= 15 is 0 Å². The minimum atomic E-state index is -0.306. The van der Waals surface area contributed by atoms with Gasteiger partial charge in [0.1, 0.15) is 11.1 Å². The van der Waals surface area contributed by atoms with Crippen LogP contribution in [0.5, 0.6) is 5.75 Å². The molecule has 0 aromatic heterocycles. The Labute approximate surface area is 191 Å². The number of nitrogens with one attached hydrogen (secondary N) is 1. The molecular weight excluding hydrogens is 422 g/mol. The summed E-state index contributed by atoms with van der Waals surface area (Å²) in [4.78, 5) is 26.8. The Morgan fingerprint density at radius 3 is 2.56 bits per heavy atom. The lowest BCUT2D eigenvalue weighted by atomic mass is 10.1. The SMILES string of the molecule is COc1ccccc1/C=N/NC(=O)c1ccc(C2SCC(=O)N2Cc2ccccc2)cc1. The van der Waals surface area contributed by atoms with Crippen LogP contribution in [0.15, 0.2) is 84.0 Å². The summed E-state index contributed by atoms with van der Waals surface area (Å²) < 4.78 is 5.27. The molecule has 1 atom stereocenters. The van der Waals surface area contributed by atoms with Crippen molar-refractivity contribution in [2.45, 2.75) is 11.9 Å². The minimum absolute atomic E-state index is 0.0663. The van der Waals surface area contributed by atoms with Gasteiger partial charge in [0.05, 0.1) is 19.1 Å². The number of rotatable bonds is 7. The molecule has 1 N–H and O–H groups in total. The van der Waals surface area contributed by atoms with Gasteiger partial charge in [-0.2, -0.15) is 5.10 Å². The van der Waals surface area contributed by atoms with Gasteiger partial charge in [0.2, 0.25) is 5.91 Å². The largest absolute Gasteiger partial charge is 0.496 e. The topological polar surface area (TPSA) is 71.0 Å². The maximum absolute atomic E-state index is 12.5. The fraction of sp³-hybridized carbons (Fsp3) is 0.160. The third-order valence-corrected chi connectivity index (χ3v) is 6.39. The van der Waals surface area contributed by atoms with Gasteiger partial charge in [-0.3, -0.25) is 9.59 Å². The van der Waals surface area contributed by atoms with Crippen molar-refractivity contribution >= 4 is 29.8 Å². The first kappa shape index (κ1) is 21.6. The summed E-state index contributed by atoms with van der Waals surface area (Å²) in [6, 6.07) is 24.7. The summed E-state index contributed by atoms with van der Waals surface area (Å²) in [7, 11) is 1.59. The van der Waals surface area contributed by atoms with E-state index < -0.39 is 0 Å². The van der Waals surface area contributed by atoms with Gasteiger partial charge in [0, 0.05) is 17.7 Å². The highest BCUT2D eigenvalue weighted by Gasteiger charge is 2.32. The Morgan fingerprint density at radius 2 is 1.81 bits per heavy atom. The zero-order valence-electron chi connectivity index (χ0n) is 17.6. The molecule has 4 rings (SSSR count). The standard InChI is InChI=1S/C25H23N3O3S/c1-31-22-10-6-5-9-21(22)15-26-27-24(30)19-11-13-20(14-12-19)25-28(23(29)17-32-25)16-18-7-3-2-4-8-18/h2-15,25H,16-17H2,1H3,(H,27,30)/b26-15+. The molecule has 32 heavy (non-hydrogen) atoms. The lowest BCUT2D eigenvalue weighted by molar-refractivity contribution is -0.128. The first-order valence-electron chi connectivity index (χ1n) is 10.2. The zero-order chi connectivity index (χ0) is 22.3. The van der Waals surface area contributed by atoms with E-state index in [0.717, 1.165) is 16.7 Å². The van der Waals surface area contributed by atoms with Crippen molar-refractivity contribution < 1.29 is 14.3 Å². The van der Waals surface area contributed by atoms with Crippen LogP contribution in [0.25, 0.3) is 0 Å². The van der Waals surface area contributed by atoms with E-state index in [1.54, 1.807) is 37.2 Å². The molecule has 7 heteroatoms. The molecule has 1 aliphatic rings. The number of thioether (sulfide) groups is 1. The number of carbonyl (C=O) groups is 2. The molecule has 3 aromatic rings. The summed E-state index contributed by atoms with van der Waals surface area (Å²) in [5, 5.41) is 3.97. The number of hydrazone groups is 1. The first-order chi connectivity index (χ1) is 15.7. The van der Waals surface area contributed by atoms with Gasteiger partial charge < -0.3 is 9.64 Å². The van der Waals surface area contributed by atoms with E-state index in [0.29, 0.717) is 23.6 Å². The monoisotopic (exact) mass is 445 g/mol. The van der Waals surface area contributed by atoms with E-state index in [9.17, 15) is 9.59 Å². The van der Waals surface area contributed by atoms with Gasteiger partial charge in [-0.05, 0) is 35.4 Å². The second-order valence-electron chi connectivity index (χ2n) is 7.23. The molecule has 162 valence electrons. The second kappa shape index (κ2) is 10.2. The van der Waals surface area contributed by atoms with Crippen LogP contribution in [0, 0.1) is 0 Å². The predicted molar refractivity (Wildman–Crippen MR) is 127 cm³/mol. The van der Waals surface area contributed by atoms with Gasteiger partial charge in [0.15, 0.2) is 0 Å². The average Bonchev–Trinajstić information content (AvgIpc) is 3.20. The highest BCUT2D eigenvalue weighted by atomic mass is 32.2. The number of benzene rings is 3. The molecular formula is C25H23N3O3S. The second-order valence-corrected chi connectivity index (χ2v) is 8.30. The van der Waals surface area contributed by atoms with Crippen LogP contribution in [0.1, 0.15) is 32.4 Å². The minimum Gasteiger partial charge on any atom is -0.496 e. The van der Waals surface area contributed by atoms with Gasteiger partial charge in [-0.25, -0.2) is 5.43 Å². The quantitative estimate of drug-likeness (QED) is 0.436. The first-order valence-corrected chi connectivity index (χ1v) is 11.2. The maximum atomic E-state index is 12.5. The molecule has 0 saturated carbocycles. The molecule has 1 saturated heterocycles. The Kier molecular flexibility index (Phi) is 6.87. The van der Waals surface area contributed by atoms with Crippen molar-refractivity contribution in [1.29, 1.82) is 0 Å². The highest BCUT2D eigenvalue weighted by molar-refractivity contribution is 8.00. The smallest absolute Gasteiger partial charge is 0.271 e. The fourth-order valence-electron chi connectivity index (χ4n) is 3.48. The van der Waals surface area contributed by atoms with Crippen LogP contribution >= 0.6 is 11.8 Å². The summed E-state index contributed by atoms with van der Waals surface area (Å²) >= 11 is 1.60. The van der Waals surface area contributed by atoms with E-state index in [1.165, 1.54) is 0 Å². The normalized spacial score (nSPS) is 15.8. The van der Waals surface area contributed by atoms with Crippen molar-refractivity contribution in [1.82, 2.24) is 10.3 Å². The van der Waals surface area contributed by atoms with Crippen molar-refractivity contribution in [2.24, 2.45) is 5.10 Å². The summed E-state index contributed by atoms with van der Waals surface area (Å²) in [6.45, 7) is 0.567. The molecule has 0 spiro atoms. The average molecular weight is 446 g/mol. The lowest BCUT2D eigenvalue weighted by Gasteiger charge is -2.24. The van der Waals surface area contributed by atoms with Gasteiger partial charge in [-0.1, -0.05) is 54.6 Å². The number of amides is 2. The third-order valence-electron chi connectivity index (χ3n) is 5.13. The number of hydrogen-bond acceptors (Lipinski definition) is 5. The zero-order valence-corrected chi connectivity index (χ0v) is 18.4. The molecule has 0 radical (unpaired) electrons. The van der Waals surface area contributed by atoms with Crippen molar-refractivity contribution in [3.8, 4) is 5.75 Å².